The highest BCUT2D eigenvalue weighted by Crippen LogP contribution is 2.28. The fraction of sp³-hybridized carbons (Fsp3) is 0.529. The molecule has 1 aromatic rings. The van der Waals surface area contributed by atoms with Gasteiger partial charge >= 0.3 is 5.97 Å². The molecule has 126 valence electrons. The Hall–Kier alpha value is -2.11. The van der Waals surface area contributed by atoms with E-state index in [9.17, 15) is 19.1 Å². The Bertz CT molecular complexity index is 580. The lowest BCUT2D eigenvalue weighted by molar-refractivity contribution is -0.148. The molecule has 1 saturated carbocycles. The first-order valence-electron chi connectivity index (χ1n) is 7.84. The van der Waals surface area contributed by atoms with Gasteiger partial charge in [-0.3, -0.25) is 4.79 Å². The summed E-state index contributed by atoms with van der Waals surface area (Å²) in [6.07, 6.45) is 4.23. The van der Waals surface area contributed by atoms with Crippen LogP contribution in [0.2, 0.25) is 0 Å². The topological polar surface area (TPSA) is 75.6 Å². The van der Waals surface area contributed by atoms with E-state index >= 15 is 0 Å². The van der Waals surface area contributed by atoms with Crippen molar-refractivity contribution in [2.24, 2.45) is 0 Å². The molecule has 0 heterocycles. The number of benzene rings is 1. The zero-order chi connectivity index (χ0) is 16.9. The fourth-order valence-electron chi connectivity index (χ4n) is 3.09. The number of hydrogen-bond acceptors (Lipinski definition) is 3. The van der Waals surface area contributed by atoms with Crippen LogP contribution in [0.25, 0.3) is 0 Å². The van der Waals surface area contributed by atoms with E-state index in [-0.39, 0.29) is 6.42 Å². The van der Waals surface area contributed by atoms with Gasteiger partial charge in [-0.2, -0.15) is 0 Å². The average Bonchev–Trinajstić information content (AvgIpc) is 2.74. The van der Waals surface area contributed by atoms with Crippen LogP contribution in [-0.2, 0) is 16.0 Å². The van der Waals surface area contributed by atoms with Crippen molar-refractivity contribution in [3.05, 3.63) is 29.6 Å². The summed E-state index contributed by atoms with van der Waals surface area (Å²) >= 11 is 0. The smallest absolute Gasteiger partial charge is 0.329 e. The first-order valence-corrected chi connectivity index (χ1v) is 7.84. The highest BCUT2D eigenvalue weighted by Gasteiger charge is 2.40. The van der Waals surface area contributed by atoms with E-state index in [1.54, 1.807) is 0 Å². The molecule has 1 amide bonds. The van der Waals surface area contributed by atoms with Gasteiger partial charge in [-0.15, -0.1) is 0 Å². The lowest BCUT2D eigenvalue weighted by Crippen LogP contribution is -2.54. The Morgan fingerprint density at radius 1 is 1.26 bits per heavy atom. The molecular formula is C17H22FNO4. The van der Waals surface area contributed by atoms with Gasteiger partial charge < -0.3 is 15.2 Å². The second-order valence-electron chi connectivity index (χ2n) is 5.98. The zero-order valence-electron chi connectivity index (χ0n) is 13.2. The van der Waals surface area contributed by atoms with Crippen LogP contribution in [0, 0.1) is 5.82 Å². The molecule has 2 rings (SSSR count). The zero-order valence-corrected chi connectivity index (χ0v) is 13.2. The molecule has 2 N–H and O–H groups in total. The van der Waals surface area contributed by atoms with Crippen molar-refractivity contribution in [3.63, 3.8) is 0 Å². The highest BCUT2D eigenvalue weighted by molar-refractivity contribution is 5.88. The maximum Gasteiger partial charge on any atom is 0.329 e. The number of methoxy groups -OCH3 is 1. The Labute approximate surface area is 134 Å². The van der Waals surface area contributed by atoms with Gasteiger partial charge in [0.1, 0.15) is 17.1 Å². The molecule has 0 atom stereocenters. The molecular weight excluding hydrogens is 301 g/mol. The van der Waals surface area contributed by atoms with Crippen LogP contribution >= 0.6 is 0 Å². The Morgan fingerprint density at radius 2 is 1.91 bits per heavy atom. The molecule has 0 bridgehead atoms. The van der Waals surface area contributed by atoms with Crippen LogP contribution in [0.4, 0.5) is 4.39 Å². The summed E-state index contributed by atoms with van der Waals surface area (Å²) in [7, 11) is 1.44. The molecule has 0 unspecified atom stereocenters. The lowest BCUT2D eigenvalue weighted by Gasteiger charge is -2.29. The summed E-state index contributed by atoms with van der Waals surface area (Å²) in [6.45, 7) is 0. The maximum absolute atomic E-state index is 13.4. The number of halogens is 1. The van der Waals surface area contributed by atoms with Gasteiger partial charge in [0.2, 0.25) is 5.91 Å². The summed E-state index contributed by atoms with van der Waals surface area (Å²) in [5, 5.41) is 12.2. The number of carbonyl (C=O) groups excluding carboxylic acids is 1. The van der Waals surface area contributed by atoms with Gasteiger partial charge in [0.15, 0.2) is 0 Å². The van der Waals surface area contributed by atoms with Gasteiger partial charge in [-0.05, 0) is 31.0 Å². The van der Waals surface area contributed by atoms with Crippen molar-refractivity contribution in [3.8, 4) is 5.75 Å². The number of nitrogens with one attached hydrogen (secondary N) is 1. The first-order chi connectivity index (χ1) is 11.0. The summed E-state index contributed by atoms with van der Waals surface area (Å²) < 4.78 is 18.5. The molecule has 0 spiro atoms. The molecule has 1 aliphatic carbocycles. The van der Waals surface area contributed by atoms with Crippen LogP contribution < -0.4 is 10.1 Å². The fourth-order valence-corrected chi connectivity index (χ4v) is 3.09. The second kappa shape index (κ2) is 7.44. The molecule has 6 heteroatoms. The summed E-state index contributed by atoms with van der Waals surface area (Å²) in [5.74, 6) is -1.49. The van der Waals surface area contributed by atoms with Gasteiger partial charge in [-0.1, -0.05) is 25.7 Å². The maximum atomic E-state index is 13.4. The summed E-state index contributed by atoms with van der Waals surface area (Å²) in [6, 6.07) is 3.94. The predicted molar refractivity (Wildman–Crippen MR) is 82.9 cm³/mol. The normalized spacial score (nSPS) is 17.1. The molecule has 1 aromatic carbocycles. The third-order valence-electron chi connectivity index (χ3n) is 4.34. The largest absolute Gasteiger partial charge is 0.496 e. The Kier molecular flexibility index (Phi) is 5.58. The number of ether oxygens (including phenoxy) is 1. The Morgan fingerprint density at radius 3 is 2.48 bits per heavy atom. The molecule has 5 nitrogen and oxygen atoms in total. The quantitative estimate of drug-likeness (QED) is 0.817. The predicted octanol–water partition coefficient (Wildman–Crippen LogP) is 2.67. The minimum atomic E-state index is -1.21. The third-order valence-corrected chi connectivity index (χ3v) is 4.34. The van der Waals surface area contributed by atoms with Crippen LogP contribution in [-0.4, -0.2) is 29.6 Å². The van der Waals surface area contributed by atoms with Gasteiger partial charge in [0.05, 0.1) is 13.5 Å². The first kappa shape index (κ1) is 17.2. The number of rotatable bonds is 5. The van der Waals surface area contributed by atoms with E-state index in [1.165, 1.54) is 25.3 Å². The number of carboxylic acid groups (broad SMARTS) is 1. The lowest BCUT2D eigenvalue weighted by atomic mass is 9.90. The number of hydrogen-bond donors (Lipinski definition) is 2. The summed E-state index contributed by atoms with van der Waals surface area (Å²) in [5.41, 5.74) is -0.812. The van der Waals surface area contributed by atoms with Crippen molar-refractivity contribution >= 4 is 11.9 Å². The summed E-state index contributed by atoms with van der Waals surface area (Å²) in [4.78, 5) is 24.0. The Balaban J connectivity index is 2.13. The molecule has 1 aliphatic rings. The molecule has 0 saturated heterocycles. The van der Waals surface area contributed by atoms with Crippen molar-refractivity contribution in [1.29, 1.82) is 0 Å². The molecule has 1 fully saturated rings. The van der Waals surface area contributed by atoms with Crippen molar-refractivity contribution in [2.45, 2.75) is 50.5 Å². The van der Waals surface area contributed by atoms with Crippen LogP contribution in [0.15, 0.2) is 18.2 Å². The van der Waals surface area contributed by atoms with Gasteiger partial charge in [-0.25, -0.2) is 9.18 Å². The van der Waals surface area contributed by atoms with Gasteiger partial charge in [0, 0.05) is 5.56 Å². The van der Waals surface area contributed by atoms with Gasteiger partial charge in [0.25, 0.3) is 0 Å². The molecule has 23 heavy (non-hydrogen) atoms. The van der Waals surface area contributed by atoms with E-state index in [4.69, 9.17) is 4.74 Å². The number of carbonyl (C=O) groups is 2. The van der Waals surface area contributed by atoms with E-state index in [2.05, 4.69) is 5.32 Å². The van der Waals surface area contributed by atoms with E-state index in [0.717, 1.165) is 25.7 Å². The third kappa shape index (κ3) is 4.21. The van der Waals surface area contributed by atoms with Crippen molar-refractivity contribution in [1.82, 2.24) is 5.32 Å². The number of carboxylic acids is 1. The number of amides is 1. The average molecular weight is 323 g/mol. The standard InChI is InChI=1S/C17H22FNO4/c1-23-14-7-6-13(18)10-12(14)11-15(20)19-17(16(21)22)8-4-2-3-5-9-17/h6-7,10H,2-5,8-9,11H2,1H3,(H,19,20)(H,21,22). The minimum absolute atomic E-state index is 0.115. The van der Waals surface area contributed by atoms with Crippen LogP contribution in [0.3, 0.4) is 0 Å². The monoisotopic (exact) mass is 323 g/mol. The number of aliphatic carboxylic acids is 1. The van der Waals surface area contributed by atoms with Crippen LogP contribution in [0.5, 0.6) is 5.75 Å². The van der Waals surface area contributed by atoms with Crippen molar-refractivity contribution < 1.29 is 23.8 Å². The minimum Gasteiger partial charge on any atom is -0.496 e. The van der Waals surface area contributed by atoms with E-state index < -0.39 is 23.2 Å². The SMILES string of the molecule is COc1ccc(F)cc1CC(=O)NC1(C(=O)O)CCCCCC1. The molecule has 0 radical (unpaired) electrons. The van der Waals surface area contributed by atoms with Crippen LogP contribution in [0.1, 0.15) is 44.1 Å². The van der Waals surface area contributed by atoms with E-state index in [0.29, 0.717) is 24.2 Å². The highest BCUT2D eigenvalue weighted by atomic mass is 19.1. The second-order valence-corrected chi connectivity index (χ2v) is 5.98. The van der Waals surface area contributed by atoms with E-state index in [1.807, 2.05) is 0 Å². The molecule has 0 aromatic heterocycles. The molecule has 0 aliphatic heterocycles. The van der Waals surface area contributed by atoms with Crippen molar-refractivity contribution in [2.75, 3.05) is 7.11 Å².